The summed E-state index contributed by atoms with van der Waals surface area (Å²) in [5, 5.41) is 9.55. The maximum atomic E-state index is 9.55. The molecule has 17 heavy (non-hydrogen) atoms. The van der Waals surface area contributed by atoms with Gasteiger partial charge < -0.3 is 5.11 Å². The molecule has 0 aromatic rings. The van der Waals surface area contributed by atoms with Crippen LogP contribution in [0.3, 0.4) is 0 Å². The lowest BCUT2D eigenvalue weighted by Gasteiger charge is -2.34. The first kappa shape index (κ1) is 12.8. The van der Waals surface area contributed by atoms with E-state index < -0.39 is 0 Å². The Labute approximate surface area is 103 Å². The molecule has 0 bridgehead atoms. The molecule has 0 amide bonds. The monoisotopic (exact) mass is 241 g/mol. The standard InChI is InChI=1S/C12H23N3O2/c1-8(2)11-13-12(17-14-11)15-6-4-10(5-7-15)9(3)16/h8-10,12,16H,4-7H2,1-3H3,(H,13,14)/t9-,12?/m0/s1. The number of nitrogens with zero attached hydrogens (tertiary/aromatic N) is 2. The summed E-state index contributed by atoms with van der Waals surface area (Å²) >= 11 is 0. The quantitative estimate of drug-likeness (QED) is 0.772. The minimum Gasteiger partial charge on any atom is -0.393 e. The zero-order chi connectivity index (χ0) is 12.4. The maximum absolute atomic E-state index is 9.55. The first-order chi connectivity index (χ1) is 8.08. The Hall–Kier alpha value is -0.650. The lowest BCUT2D eigenvalue weighted by atomic mass is 9.92. The SMILES string of the molecule is CC(C)C1=NC(N2CCC([C@H](C)O)CC2)ON1. The van der Waals surface area contributed by atoms with E-state index in [4.69, 9.17) is 4.84 Å². The second-order valence-corrected chi connectivity index (χ2v) is 5.33. The summed E-state index contributed by atoms with van der Waals surface area (Å²) in [6.07, 6.45) is 1.66. The second kappa shape index (κ2) is 5.33. The fraction of sp³-hybridized carbons (Fsp3) is 0.917. The predicted octanol–water partition coefficient (Wildman–Crippen LogP) is 0.952. The van der Waals surface area contributed by atoms with Crippen LogP contribution < -0.4 is 5.48 Å². The smallest absolute Gasteiger partial charge is 0.233 e. The van der Waals surface area contributed by atoms with E-state index >= 15 is 0 Å². The van der Waals surface area contributed by atoms with Crippen LogP contribution in [0.25, 0.3) is 0 Å². The van der Waals surface area contributed by atoms with Crippen LogP contribution in [0.5, 0.6) is 0 Å². The average Bonchev–Trinajstić information content (AvgIpc) is 2.78. The minimum atomic E-state index is -0.200. The third kappa shape index (κ3) is 2.97. The molecule has 0 aliphatic carbocycles. The number of aliphatic hydroxyl groups excluding tert-OH is 1. The van der Waals surface area contributed by atoms with Crippen LogP contribution in [0.4, 0.5) is 0 Å². The van der Waals surface area contributed by atoms with Crippen LogP contribution in [0.15, 0.2) is 4.99 Å². The first-order valence-electron chi connectivity index (χ1n) is 6.49. The van der Waals surface area contributed by atoms with E-state index in [0.717, 1.165) is 31.8 Å². The van der Waals surface area contributed by atoms with Gasteiger partial charge in [-0.15, -0.1) is 0 Å². The lowest BCUT2D eigenvalue weighted by Crippen LogP contribution is -2.43. The van der Waals surface area contributed by atoms with Gasteiger partial charge in [-0.3, -0.25) is 4.90 Å². The molecule has 0 saturated carbocycles. The molecule has 5 heteroatoms. The molecule has 2 aliphatic heterocycles. The molecule has 5 nitrogen and oxygen atoms in total. The number of aliphatic imine (C=N–C) groups is 1. The molecule has 1 unspecified atom stereocenters. The number of amidine groups is 1. The highest BCUT2D eigenvalue weighted by Gasteiger charge is 2.30. The summed E-state index contributed by atoms with van der Waals surface area (Å²) in [5.41, 5.74) is 2.90. The molecule has 0 aromatic heterocycles. The number of hydrogen-bond acceptors (Lipinski definition) is 5. The van der Waals surface area contributed by atoms with E-state index in [1.54, 1.807) is 0 Å². The van der Waals surface area contributed by atoms with Gasteiger partial charge in [0, 0.05) is 19.0 Å². The van der Waals surface area contributed by atoms with Gasteiger partial charge >= 0.3 is 0 Å². The van der Waals surface area contributed by atoms with E-state index in [9.17, 15) is 5.11 Å². The van der Waals surface area contributed by atoms with Gasteiger partial charge in [-0.25, -0.2) is 15.3 Å². The molecular formula is C12H23N3O2. The summed E-state index contributed by atoms with van der Waals surface area (Å²) in [6, 6.07) is 0. The van der Waals surface area contributed by atoms with Gasteiger partial charge in [-0.2, -0.15) is 0 Å². The third-order valence-corrected chi connectivity index (χ3v) is 3.63. The van der Waals surface area contributed by atoms with E-state index in [2.05, 4.69) is 29.2 Å². The molecule has 1 saturated heterocycles. The molecular weight excluding hydrogens is 218 g/mol. The van der Waals surface area contributed by atoms with Crippen molar-refractivity contribution in [2.24, 2.45) is 16.8 Å². The van der Waals surface area contributed by atoms with Crippen LogP contribution in [0, 0.1) is 11.8 Å². The zero-order valence-corrected chi connectivity index (χ0v) is 10.9. The number of nitrogens with one attached hydrogen (secondary N) is 1. The summed E-state index contributed by atoms with van der Waals surface area (Å²) in [6.45, 7) is 7.95. The molecule has 2 rings (SSSR count). The predicted molar refractivity (Wildman–Crippen MR) is 66.3 cm³/mol. The molecule has 2 aliphatic rings. The van der Waals surface area contributed by atoms with Crippen molar-refractivity contribution in [2.45, 2.75) is 46.1 Å². The fourth-order valence-electron chi connectivity index (χ4n) is 2.33. The van der Waals surface area contributed by atoms with Crippen LogP contribution in [0.2, 0.25) is 0 Å². The van der Waals surface area contributed by atoms with E-state index in [1.165, 1.54) is 0 Å². The summed E-state index contributed by atoms with van der Waals surface area (Å²) < 4.78 is 0. The molecule has 0 spiro atoms. The Bertz CT molecular complexity index is 283. The number of hydroxylamine groups is 1. The Morgan fingerprint density at radius 1 is 1.35 bits per heavy atom. The molecule has 1 fully saturated rings. The lowest BCUT2D eigenvalue weighted by molar-refractivity contribution is -0.0827. The van der Waals surface area contributed by atoms with Gasteiger partial charge in [-0.05, 0) is 25.7 Å². The second-order valence-electron chi connectivity index (χ2n) is 5.33. The first-order valence-corrected chi connectivity index (χ1v) is 6.49. The third-order valence-electron chi connectivity index (χ3n) is 3.63. The normalized spacial score (nSPS) is 29.2. The van der Waals surface area contributed by atoms with Gasteiger partial charge in [0.1, 0.15) is 5.84 Å². The van der Waals surface area contributed by atoms with E-state index in [1.807, 2.05) is 6.92 Å². The highest BCUT2D eigenvalue weighted by Crippen LogP contribution is 2.23. The molecule has 98 valence electrons. The Balaban J connectivity index is 1.86. The van der Waals surface area contributed by atoms with E-state index in [-0.39, 0.29) is 12.5 Å². The zero-order valence-electron chi connectivity index (χ0n) is 10.9. The van der Waals surface area contributed by atoms with Crippen LogP contribution >= 0.6 is 0 Å². The minimum absolute atomic E-state index is 0.178. The highest BCUT2D eigenvalue weighted by molar-refractivity contribution is 5.83. The van der Waals surface area contributed by atoms with Gasteiger partial charge in [0.25, 0.3) is 0 Å². The fourth-order valence-corrected chi connectivity index (χ4v) is 2.33. The molecule has 0 aromatic carbocycles. The highest BCUT2D eigenvalue weighted by atomic mass is 16.7. The van der Waals surface area contributed by atoms with Crippen molar-refractivity contribution < 1.29 is 9.94 Å². The van der Waals surface area contributed by atoms with Gasteiger partial charge in [-0.1, -0.05) is 13.8 Å². The van der Waals surface area contributed by atoms with Crippen molar-refractivity contribution in [1.29, 1.82) is 0 Å². The number of rotatable bonds is 3. The molecule has 2 atom stereocenters. The van der Waals surface area contributed by atoms with Crippen molar-refractivity contribution in [2.75, 3.05) is 13.1 Å². The van der Waals surface area contributed by atoms with Gasteiger partial charge in [0.15, 0.2) is 0 Å². The van der Waals surface area contributed by atoms with Crippen LogP contribution in [-0.4, -0.2) is 41.4 Å². The Morgan fingerprint density at radius 2 is 2.00 bits per heavy atom. The van der Waals surface area contributed by atoms with Gasteiger partial charge in [0.2, 0.25) is 6.35 Å². The number of piperidine rings is 1. The van der Waals surface area contributed by atoms with Crippen LogP contribution in [-0.2, 0) is 4.84 Å². The Kier molecular flexibility index (Phi) is 4.01. The van der Waals surface area contributed by atoms with Crippen molar-refractivity contribution >= 4 is 5.84 Å². The Morgan fingerprint density at radius 3 is 2.47 bits per heavy atom. The number of hydrogen-bond donors (Lipinski definition) is 2. The van der Waals surface area contributed by atoms with Crippen molar-refractivity contribution in [3.05, 3.63) is 0 Å². The summed E-state index contributed by atoms with van der Waals surface area (Å²) in [7, 11) is 0. The van der Waals surface area contributed by atoms with Gasteiger partial charge in [0.05, 0.1) is 6.10 Å². The number of likely N-dealkylation sites (tertiary alicyclic amines) is 1. The molecule has 2 N–H and O–H groups in total. The van der Waals surface area contributed by atoms with Crippen LogP contribution in [0.1, 0.15) is 33.6 Å². The topological polar surface area (TPSA) is 57.1 Å². The van der Waals surface area contributed by atoms with E-state index in [0.29, 0.717) is 11.8 Å². The molecule has 0 radical (unpaired) electrons. The van der Waals surface area contributed by atoms with Crippen molar-refractivity contribution in [1.82, 2.24) is 10.4 Å². The van der Waals surface area contributed by atoms with Crippen molar-refractivity contribution in [3.8, 4) is 0 Å². The largest absolute Gasteiger partial charge is 0.393 e. The van der Waals surface area contributed by atoms with Crippen molar-refractivity contribution in [3.63, 3.8) is 0 Å². The average molecular weight is 241 g/mol. The summed E-state index contributed by atoms with van der Waals surface area (Å²) in [5.74, 6) is 1.72. The summed E-state index contributed by atoms with van der Waals surface area (Å²) in [4.78, 5) is 12.2. The maximum Gasteiger partial charge on any atom is 0.233 e. The molecule has 2 heterocycles. The number of aliphatic hydroxyl groups is 1.